The maximum atomic E-state index is 12.0. The summed E-state index contributed by atoms with van der Waals surface area (Å²) in [5.74, 6) is 1.01. The highest BCUT2D eigenvalue weighted by Gasteiger charge is 2.40. The van der Waals surface area contributed by atoms with E-state index in [9.17, 15) is 4.79 Å². The summed E-state index contributed by atoms with van der Waals surface area (Å²) in [6, 6.07) is 8.17. The third kappa shape index (κ3) is 2.77. The molecule has 126 valence electrons. The number of esters is 1. The highest BCUT2D eigenvalue weighted by atomic mass is 32.2. The Hall–Kier alpha value is -1.68. The fraction of sp³-hybridized carbons (Fsp3) is 0.450. The molecular formula is C20H22O3S. The van der Waals surface area contributed by atoms with Crippen LogP contribution in [0.4, 0.5) is 0 Å². The van der Waals surface area contributed by atoms with E-state index in [1.807, 2.05) is 37.1 Å². The first kappa shape index (κ1) is 15.8. The molecule has 1 aromatic heterocycles. The fourth-order valence-electron chi connectivity index (χ4n) is 4.16. The average Bonchev–Trinajstić information content (AvgIpc) is 3.33. The molecule has 0 radical (unpaired) electrons. The fourth-order valence-corrected chi connectivity index (χ4v) is 5.75. The van der Waals surface area contributed by atoms with E-state index in [1.54, 1.807) is 6.26 Å². The molecule has 4 heteroatoms. The van der Waals surface area contributed by atoms with Crippen LogP contribution in [0, 0.1) is 5.92 Å². The summed E-state index contributed by atoms with van der Waals surface area (Å²) >= 11 is 1.87. The zero-order chi connectivity index (χ0) is 16.5. The lowest BCUT2D eigenvalue weighted by Crippen LogP contribution is -2.13. The molecule has 0 N–H and O–H groups in total. The number of furan rings is 1. The van der Waals surface area contributed by atoms with E-state index in [0.29, 0.717) is 23.3 Å². The first-order valence-corrected chi connectivity index (χ1v) is 9.65. The number of carbonyl (C=O) groups is 1. The van der Waals surface area contributed by atoms with E-state index >= 15 is 0 Å². The van der Waals surface area contributed by atoms with Crippen molar-refractivity contribution in [2.75, 3.05) is 6.61 Å². The van der Waals surface area contributed by atoms with Crippen molar-refractivity contribution < 1.29 is 13.9 Å². The van der Waals surface area contributed by atoms with E-state index in [4.69, 9.17) is 9.15 Å². The smallest absolute Gasteiger partial charge is 0.338 e. The summed E-state index contributed by atoms with van der Waals surface area (Å²) in [5, 5.41) is 0.388. The van der Waals surface area contributed by atoms with Crippen molar-refractivity contribution in [3.8, 4) is 0 Å². The van der Waals surface area contributed by atoms with Gasteiger partial charge in [-0.05, 0) is 49.4 Å². The topological polar surface area (TPSA) is 39.4 Å². The summed E-state index contributed by atoms with van der Waals surface area (Å²) in [5.41, 5.74) is 3.30. The third-order valence-electron chi connectivity index (χ3n) is 5.24. The lowest BCUT2D eigenvalue weighted by molar-refractivity contribution is 0.0526. The highest BCUT2D eigenvalue weighted by Crippen LogP contribution is 2.59. The van der Waals surface area contributed by atoms with Gasteiger partial charge in [0, 0.05) is 21.6 Å². The molecule has 0 bridgehead atoms. The molecule has 1 fully saturated rings. The van der Waals surface area contributed by atoms with Gasteiger partial charge in [0.05, 0.1) is 24.7 Å². The van der Waals surface area contributed by atoms with Crippen LogP contribution in [-0.4, -0.2) is 12.6 Å². The Labute approximate surface area is 146 Å². The molecule has 2 aromatic rings. The number of benzene rings is 1. The molecule has 4 rings (SSSR count). The van der Waals surface area contributed by atoms with E-state index in [1.165, 1.54) is 41.7 Å². The Morgan fingerprint density at radius 3 is 2.83 bits per heavy atom. The Balaban J connectivity index is 1.70. The minimum Gasteiger partial charge on any atom is -0.472 e. The molecule has 1 aliphatic carbocycles. The van der Waals surface area contributed by atoms with E-state index in [2.05, 4.69) is 12.1 Å². The van der Waals surface area contributed by atoms with Gasteiger partial charge in [0.2, 0.25) is 0 Å². The second kappa shape index (κ2) is 6.67. The van der Waals surface area contributed by atoms with Gasteiger partial charge in [0.25, 0.3) is 0 Å². The minimum atomic E-state index is -0.231. The van der Waals surface area contributed by atoms with Crippen molar-refractivity contribution in [2.45, 2.75) is 48.7 Å². The first-order valence-electron chi connectivity index (χ1n) is 8.77. The van der Waals surface area contributed by atoms with Gasteiger partial charge in [0.1, 0.15) is 0 Å². The van der Waals surface area contributed by atoms with Crippen molar-refractivity contribution in [2.24, 2.45) is 5.92 Å². The average molecular weight is 342 g/mol. The van der Waals surface area contributed by atoms with Crippen molar-refractivity contribution in [1.29, 1.82) is 0 Å². The summed E-state index contributed by atoms with van der Waals surface area (Å²) in [6.45, 7) is 2.25. The van der Waals surface area contributed by atoms with Gasteiger partial charge >= 0.3 is 5.97 Å². The van der Waals surface area contributed by atoms with Crippen molar-refractivity contribution >= 4 is 17.7 Å². The van der Waals surface area contributed by atoms with Crippen LogP contribution >= 0.6 is 11.8 Å². The van der Waals surface area contributed by atoms with Crippen LogP contribution in [0.1, 0.15) is 65.3 Å². The predicted molar refractivity (Wildman–Crippen MR) is 94.4 cm³/mol. The maximum Gasteiger partial charge on any atom is 0.338 e. The van der Waals surface area contributed by atoms with Crippen LogP contribution in [0.25, 0.3) is 0 Å². The number of rotatable bonds is 4. The summed E-state index contributed by atoms with van der Waals surface area (Å²) in [4.78, 5) is 13.3. The van der Waals surface area contributed by atoms with Gasteiger partial charge in [-0.25, -0.2) is 4.79 Å². The largest absolute Gasteiger partial charge is 0.472 e. The number of fused-ring (bicyclic) bond motifs is 1. The van der Waals surface area contributed by atoms with Gasteiger partial charge in [-0.2, -0.15) is 0 Å². The van der Waals surface area contributed by atoms with Crippen molar-refractivity contribution in [3.63, 3.8) is 0 Å². The van der Waals surface area contributed by atoms with Gasteiger partial charge in [-0.3, -0.25) is 0 Å². The summed E-state index contributed by atoms with van der Waals surface area (Å²) < 4.78 is 10.5. The number of thioether (sulfide) groups is 1. The lowest BCUT2D eigenvalue weighted by Gasteiger charge is -2.25. The number of hydrogen-bond donors (Lipinski definition) is 0. The molecule has 2 atom stereocenters. The normalized spacial score (nSPS) is 23.4. The monoisotopic (exact) mass is 342 g/mol. The zero-order valence-corrected chi connectivity index (χ0v) is 14.7. The first-order chi connectivity index (χ1) is 11.8. The zero-order valence-electron chi connectivity index (χ0n) is 13.9. The molecule has 2 unspecified atom stereocenters. The minimum absolute atomic E-state index is 0.231. The molecule has 3 nitrogen and oxygen atoms in total. The van der Waals surface area contributed by atoms with Crippen molar-refractivity contribution in [3.05, 3.63) is 53.5 Å². The Morgan fingerprint density at radius 1 is 1.29 bits per heavy atom. The molecule has 2 heterocycles. The molecule has 1 aromatic carbocycles. The molecule has 2 aliphatic rings. The predicted octanol–water partition coefficient (Wildman–Crippen LogP) is 5.58. The van der Waals surface area contributed by atoms with E-state index in [-0.39, 0.29) is 5.97 Å². The van der Waals surface area contributed by atoms with Gasteiger partial charge in [-0.1, -0.05) is 18.9 Å². The lowest BCUT2D eigenvalue weighted by atomic mass is 9.81. The third-order valence-corrected chi connectivity index (χ3v) is 6.67. The standard InChI is InChI=1S/C20H22O3S/c1-2-23-20(21)14-7-8-16-17(11-14)24-19(15-9-10-22-12-15)18(16)13-5-3-4-6-13/h7-13,18-19H,2-6H2,1H3. The second-order valence-corrected chi connectivity index (χ2v) is 7.82. The van der Waals surface area contributed by atoms with Crippen LogP contribution in [0.15, 0.2) is 46.1 Å². The summed E-state index contributed by atoms with van der Waals surface area (Å²) in [7, 11) is 0. The van der Waals surface area contributed by atoms with Gasteiger partial charge < -0.3 is 9.15 Å². The molecule has 0 spiro atoms. The van der Waals surface area contributed by atoms with E-state index in [0.717, 1.165) is 5.92 Å². The number of hydrogen-bond acceptors (Lipinski definition) is 4. The van der Waals surface area contributed by atoms with Crippen LogP contribution in [-0.2, 0) is 4.74 Å². The number of carbonyl (C=O) groups excluding carboxylic acids is 1. The van der Waals surface area contributed by atoms with Crippen molar-refractivity contribution in [1.82, 2.24) is 0 Å². The van der Waals surface area contributed by atoms with Crippen LogP contribution < -0.4 is 0 Å². The quantitative estimate of drug-likeness (QED) is 0.680. The molecule has 1 aliphatic heterocycles. The highest BCUT2D eigenvalue weighted by molar-refractivity contribution is 8.00. The molecule has 24 heavy (non-hydrogen) atoms. The SMILES string of the molecule is CCOC(=O)c1ccc2c(c1)SC(c1ccoc1)C2C1CCCC1. The molecule has 1 saturated carbocycles. The Morgan fingerprint density at radius 2 is 2.12 bits per heavy atom. The van der Waals surface area contributed by atoms with Crippen LogP contribution in [0.2, 0.25) is 0 Å². The summed E-state index contributed by atoms with van der Waals surface area (Å²) in [6.07, 6.45) is 8.91. The van der Waals surface area contributed by atoms with Crippen LogP contribution in [0.3, 0.4) is 0 Å². The van der Waals surface area contributed by atoms with E-state index < -0.39 is 0 Å². The molecule has 0 saturated heterocycles. The van der Waals surface area contributed by atoms with Gasteiger partial charge in [-0.15, -0.1) is 11.8 Å². The molecular weight excluding hydrogens is 320 g/mol. The Bertz CT molecular complexity index is 716. The Kier molecular flexibility index (Phi) is 4.40. The maximum absolute atomic E-state index is 12.0. The van der Waals surface area contributed by atoms with Crippen LogP contribution in [0.5, 0.6) is 0 Å². The second-order valence-electron chi connectivity index (χ2n) is 6.64. The molecule has 0 amide bonds. The van der Waals surface area contributed by atoms with Gasteiger partial charge in [0.15, 0.2) is 0 Å². The number of ether oxygens (including phenoxy) is 1.